The Morgan fingerprint density at radius 1 is 1.58 bits per heavy atom. The monoisotopic (exact) mass is 171 g/mol. The zero-order chi connectivity index (χ0) is 9.14. The van der Waals surface area contributed by atoms with Gasteiger partial charge in [-0.3, -0.25) is 4.79 Å². The molecule has 1 saturated heterocycles. The highest BCUT2D eigenvalue weighted by atomic mass is 16.4. The van der Waals surface area contributed by atoms with E-state index in [1.165, 1.54) is 0 Å². The van der Waals surface area contributed by atoms with E-state index in [9.17, 15) is 4.79 Å². The van der Waals surface area contributed by atoms with Gasteiger partial charge in [-0.15, -0.1) is 0 Å². The molecule has 0 aliphatic carbocycles. The Kier molecular flexibility index (Phi) is 3.09. The van der Waals surface area contributed by atoms with Crippen LogP contribution in [0.5, 0.6) is 0 Å². The van der Waals surface area contributed by atoms with Crippen molar-refractivity contribution in [2.45, 2.75) is 20.3 Å². The fourth-order valence-electron chi connectivity index (χ4n) is 1.89. The molecule has 0 bridgehead atoms. The molecule has 1 heterocycles. The van der Waals surface area contributed by atoms with Gasteiger partial charge in [0.05, 0.1) is 5.92 Å². The molecule has 1 fully saturated rings. The molecule has 0 radical (unpaired) electrons. The second-order valence-corrected chi connectivity index (χ2v) is 3.85. The average Bonchev–Trinajstić information content (AvgIpc) is 2.04. The van der Waals surface area contributed by atoms with Gasteiger partial charge >= 0.3 is 5.97 Å². The molecule has 0 aromatic carbocycles. The largest absolute Gasteiger partial charge is 0.481 e. The van der Waals surface area contributed by atoms with Crippen molar-refractivity contribution < 1.29 is 9.90 Å². The highest BCUT2D eigenvalue weighted by Gasteiger charge is 2.32. The van der Waals surface area contributed by atoms with Crippen molar-refractivity contribution in [1.29, 1.82) is 0 Å². The SMILES string of the molecule is CC(C)C1CNCCC1C(=O)O. The van der Waals surface area contributed by atoms with Crippen molar-refractivity contribution in [2.24, 2.45) is 17.8 Å². The van der Waals surface area contributed by atoms with Gasteiger partial charge in [0, 0.05) is 0 Å². The fraction of sp³-hybridized carbons (Fsp3) is 0.889. The third-order valence-corrected chi connectivity index (χ3v) is 2.70. The number of nitrogens with one attached hydrogen (secondary N) is 1. The van der Waals surface area contributed by atoms with Gasteiger partial charge < -0.3 is 10.4 Å². The maximum absolute atomic E-state index is 10.8. The lowest BCUT2D eigenvalue weighted by atomic mass is 9.79. The molecule has 1 aliphatic heterocycles. The molecular formula is C9H17NO2. The highest BCUT2D eigenvalue weighted by molar-refractivity contribution is 5.70. The summed E-state index contributed by atoms with van der Waals surface area (Å²) in [6.45, 7) is 5.88. The lowest BCUT2D eigenvalue weighted by molar-refractivity contribution is -0.145. The third-order valence-electron chi connectivity index (χ3n) is 2.70. The molecule has 3 heteroatoms. The number of carboxylic acids is 1. The zero-order valence-electron chi connectivity index (χ0n) is 7.71. The Hall–Kier alpha value is -0.570. The molecule has 0 saturated carbocycles. The Balaban J connectivity index is 2.60. The average molecular weight is 171 g/mol. The first-order valence-electron chi connectivity index (χ1n) is 4.56. The van der Waals surface area contributed by atoms with Crippen LogP contribution in [0, 0.1) is 17.8 Å². The summed E-state index contributed by atoms with van der Waals surface area (Å²) in [4.78, 5) is 10.8. The van der Waals surface area contributed by atoms with Crippen LogP contribution in [-0.4, -0.2) is 24.2 Å². The third kappa shape index (κ3) is 1.97. The first-order valence-corrected chi connectivity index (χ1v) is 4.56. The molecule has 70 valence electrons. The summed E-state index contributed by atoms with van der Waals surface area (Å²) >= 11 is 0. The number of carbonyl (C=O) groups is 1. The summed E-state index contributed by atoms with van der Waals surface area (Å²) in [7, 11) is 0. The first-order chi connectivity index (χ1) is 5.63. The fourth-order valence-corrected chi connectivity index (χ4v) is 1.89. The van der Waals surface area contributed by atoms with E-state index in [1.54, 1.807) is 0 Å². The van der Waals surface area contributed by atoms with E-state index in [0.717, 1.165) is 19.5 Å². The molecule has 0 aromatic rings. The minimum atomic E-state index is -0.629. The number of carboxylic acid groups (broad SMARTS) is 1. The van der Waals surface area contributed by atoms with Gasteiger partial charge in [-0.2, -0.15) is 0 Å². The van der Waals surface area contributed by atoms with Gasteiger partial charge in [-0.1, -0.05) is 13.8 Å². The van der Waals surface area contributed by atoms with Crippen molar-refractivity contribution >= 4 is 5.97 Å². The van der Waals surface area contributed by atoms with Crippen LogP contribution in [0.25, 0.3) is 0 Å². The number of hydrogen-bond acceptors (Lipinski definition) is 2. The van der Waals surface area contributed by atoms with Crippen LogP contribution in [-0.2, 0) is 4.79 Å². The molecule has 1 rings (SSSR count). The summed E-state index contributed by atoms with van der Waals surface area (Å²) in [5.41, 5.74) is 0. The molecule has 2 unspecified atom stereocenters. The molecule has 1 aliphatic rings. The van der Waals surface area contributed by atoms with Gasteiger partial charge in [-0.25, -0.2) is 0 Å². The van der Waals surface area contributed by atoms with Crippen LogP contribution in [0.4, 0.5) is 0 Å². The molecule has 3 nitrogen and oxygen atoms in total. The maximum atomic E-state index is 10.8. The van der Waals surface area contributed by atoms with Gasteiger partial charge in [0.25, 0.3) is 0 Å². The van der Waals surface area contributed by atoms with Crippen molar-refractivity contribution in [3.8, 4) is 0 Å². The molecule has 0 amide bonds. The lowest BCUT2D eigenvalue weighted by Crippen LogP contribution is -2.42. The van der Waals surface area contributed by atoms with E-state index in [4.69, 9.17) is 5.11 Å². The first kappa shape index (κ1) is 9.52. The summed E-state index contributed by atoms with van der Waals surface area (Å²) in [5.74, 6) is -0.00315. The molecule has 2 N–H and O–H groups in total. The van der Waals surface area contributed by atoms with Crippen LogP contribution >= 0.6 is 0 Å². The van der Waals surface area contributed by atoms with E-state index >= 15 is 0 Å². The Bertz CT molecular complexity index is 168. The predicted octanol–water partition coefficient (Wildman–Crippen LogP) is 0.953. The van der Waals surface area contributed by atoms with Crippen molar-refractivity contribution in [2.75, 3.05) is 13.1 Å². The summed E-state index contributed by atoms with van der Waals surface area (Å²) in [6.07, 6.45) is 0.776. The van der Waals surface area contributed by atoms with Crippen molar-refractivity contribution in [1.82, 2.24) is 5.32 Å². The van der Waals surface area contributed by atoms with E-state index in [-0.39, 0.29) is 5.92 Å². The number of rotatable bonds is 2. The van der Waals surface area contributed by atoms with Crippen LogP contribution in [0.1, 0.15) is 20.3 Å². The Morgan fingerprint density at radius 2 is 2.25 bits per heavy atom. The van der Waals surface area contributed by atoms with E-state index in [1.807, 2.05) is 0 Å². The molecule has 12 heavy (non-hydrogen) atoms. The second-order valence-electron chi connectivity index (χ2n) is 3.85. The lowest BCUT2D eigenvalue weighted by Gasteiger charge is -2.31. The summed E-state index contributed by atoms with van der Waals surface area (Å²) in [5, 5.41) is 12.2. The van der Waals surface area contributed by atoms with Crippen molar-refractivity contribution in [3.05, 3.63) is 0 Å². The highest BCUT2D eigenvalue weighted by Crippen LogP contribution is 2.25. The van der Waals surface area contributed by atoms with E-state index < -0.39 is 5.97 Å². The summed E-state index contributed by atoms with van der Waals surface area (Å²) in [6, 6.07) is 0. The van der Waals surface area contributed by atoms with Gasteiger partial charge in [0.1, 0.15) is 0 Å². The zero-order valence-corrected chi connectivity index (χ0v) is 7.71. The molecule has 0 spiro atoms. The second kappa shape index (κ2) is 3.90. The topological polar surface area (TPSA) is 49.3 Å². The van der Waals surface area contributed by atoms with Gasteiger partial charge in [0.2, 0.25) is 0 Å². The van der Waals surface area contributed by atoms with Crippen LogP contribution in [0.2, 0.25) is 0 Å². The van der Waals surface area contributed by atoms with E-state index in [0.29, 0.717) is 11.8 Å². The maximum Gasteiger partial charge on any atom is 0.306 e. The van der Waals surface area contributed by atoms with Gasteiger partial charge in [0.15, 0.2) is 0 Å². The van der Waals surface area contributed by atoms with Crippen molar-refractivity contribution in [3.63, 3.8) is 0 Å². The number of aliphatic carboxylic acids is 1. The molecular weight excluding hydrogens is 154 g/mol. The standard InChI is InChI=1S/C9H17NO2/c1-6(2)8-5-10-4-3-7(8)9(11)12/h6-8,10H,3-5H2,1-2H3,(H,11,12). The summed E-state index contributed by atoms with van der Waals surface area (Å²) < 4.78 is 0. The van der Waals surface area contributed by atoms with Crippen LogP contribution in [0.15, 0.2) is 0 Å². The predicted molar refractivity (Wildman–Crippen MR) is 46.9 cm³/mol. The van der Waals surface area contributed by atoms with Crippen LogP contribution < -0.4 is 5.32 Å². The van der Waals surface area contributed by atoms with E-state index in [2.05, 4.69) is 19.2 Å². The number of hydrogen-bond donors (Lipinski definition) is 2. The Labute approximate surface area is 73.2 Å². The minimum Gasteiger partial charge on any atom is -0.481 e. The molecule has 2 atom stereocenters. The smallest absolute Gasteiger partial charge is 0.306 e. The quantitative estimate of drug-likeness (QED) is 0.650. The number of piperidine rings is 1. The van der Waals surface area contributed by atoms with Crippen LogP contribution in [0.3, 0.4) is 0 Å². The molecule has 0 aromatic heterocycles. The normalized spacial score (nSPS) is 30.6. The van der Waals surface area contributed by atoms with Gasteiger partial charge in [-0.05, 0) is 31.3 Å². The Morgan fingerprint density at radius 3 is 2.67 bits per heavy atom. The minimum absolute atomic E-state index is 0.133.